The number of sulfonamides is 1. The second-order valence-electron chi connectivity index (χ2n) is 7.17. The number of amides is 1. The van der Waals surface area contributed by atoms with Crippen LogP contribution in [0.4, 0.5) is 6.01 Å². The molecule has 146 valence electrons. The van der Waals surface area contributed by atoms with Crippen LogP contribution in [-0.4, -0.2) is 41.9 Å². The molecule has 1 fully saturated rings. The van der Waals surface area contributed by atoms with Crippen LogP contribution in [0.2, 0.25) is 0 Å². The number of aromatic nitrogens is 2. The Balaban J connectivity index is 1.69. The molecule has 1 aromatic heterocycles. The molecule has 0 aliphatic carbocycles. The van der Waals surface area contributed by atoms with Gasteiger partial charge in [0.25, 0.3) is 5.91 Å². The van der Waals surface area contributed by atoms with Crippen LogP contribution in [0.3, 0.4) is 0 Å². The van der Waals surface area contributed by atoms with Gasteiger partial charge in [-0.05, 0) is 43.0 Å². The Labute approximate surface area is 159 Å². The van der Waals surface area contributed by atoms with E-state index in [4.69, 9.17) is 4.42 Å². The van der Waals surface area contributed by atoms with Crippen LogP contribution >= 0.6 is 0 Å². The molecular formula is C18H24N4O4S. The zero-order valence-electron chi connectivity index (χ0n) is 15.7. The first kappa shape index (κ1) is 19.5. The molecule has 8 nitrogen and oxygen atoms in total. The van der Waals surface area contributed by atoms with Gasteiger partial charge in [0.1, 0.15) is 0 Å². The van der Waals surface area contributed by atoms with E-state index < -0.39 is 15.9 Å². The van der Waals surface area contributed by atoms with Crippen LogP contribution in [0.15, 0.2) is 33.6 Å². The molecule has 1 aliphatic rings. The lowest BCUT2D eigenvalue weighted by Gasteiger charge is -2.29. The molecular weight excluding hydrogens is 368 g/mol. The minimum Gasteiger partial charge on any atom is -0.408 e. The summed E-state index contributed by atoms with van der Waals surface area (Å²) < 4.78 is 32.3. The first-order valence-electron chi connectivity index (χ1n) is 9.02. The highest BCUT2D eigenvalue weighted by molar-refractivity contribution is 7.89. The summed E-state index contributed by atoms with van der Waals surface area (Å²) in [6.07, 6.45) is 1.73. The molecule has 1 amide bonds. The molecule has 0 bridgehead atoms. The number of carbonyl (C=O) groups excluding carboxylic acids is 1. The first-order valence-corrected chi connectivity index (χ1v) is 10.5. The third-order valence-electron chi connectivity index (χ3n) is 4.65. The van der Waals surface area contributed by atoms with Crippen molar-refractivity contribution in [2.45, 2.75) is 44.4 Å². The van der Waals surface area contributed by atoms with Gasteiger partial charge in [0.15, 0.2) is 0 Å². The lowest BCUT2D eigenvalue weighted by Crippen LogP contribution is -2.37. The maximum atomic E-state index is 12.7. The lowest BCUT2D eigenvalue weighted by molar-refractivity contribution is 0.102. The summed E-state index contributed by atoms with van der Waals surface area (Å²) in [4.78, 5) is 12.5. The number of nitrogens with zero attached hydrogens (tertiary/aromatic N) is 3. The number of hydrogen-bond donors (Lipinski definition) is 1. The molecule has 1 N–H and O–H groups in total. The number of anilines is 1. The number of carbonyl (C=O) groups is 1. The van der Waals surface area contributed by atoms with Crippen LogP contribution < -0.4 is 5.32 Å². The SMILES string of the molecule is CC1CCN(S(=O)(=O)c2ccc(C(=O)Nc3nnc(C(C)C)o3)cc2)CC1. The lowest BCUT2D eigenvalue weighted by atomic mass is 10.0. The predicted molar refractivity (Wildman–Crippen MR) is 99.9 cm³/mol. The van der Waals surface area contributed by atoms with Crippen LogP contribution in [-0.2, 0) is 10.0 Å². The van der Waals surface area contributed by atoms with Crippen molar-refractivity contribution in [3.8, 4) is 0 Å². The number of benzene rings is 1. The van der Waals surface area contributed by atoms with Gasteiger partial charge in [0.2, 0.25) is 15.9 Å². The predicted octanol–water partition coefficient (Wildman–Crippen LogP) is 2.87. The fourth-order valence-electron chi connectivity index (χ4n) is 2.84. The van der Waals surface area contributed by atoms with Gasteiger partial charge in [0.05, 0.1) is 4.90 Å². The zero-order chi connectivity index (χ0) is 19.6. The van der Waals surface area contributed by atoms with Crippen molar-refractivity contribution in [3.63, 3.8) is 0 Å². The quantitative estimate of drug-likeness (QED) is 0.839. The third kappa shape index (κ3) is 4.36. The maximum Gasteiger partial charge on any atom is 0.322 e. The van der Waals surface area contributed by atoms with Crippen molar-refractivity contribution in [1.29, 1.82) is 0 Å². The van der Waals surface area contributed by atoms with E-state index in [1.165, 1.54) is 28.6 Å². The fourth-order valence-corrected chi connectivity index (χ4v) is 4.31. The Bertz CT molecular complexity index is 898. The molecule has 1 saturated heterocycles. The van der Waals surface area contributed by atoms with Crippen molar-refractivity contribution in [3.05, 3.63) is 35.7 Å². The first-order chi connectivity index (χ1) is 12.8. The molecule has 9 heteroatoms. The largest absolute Gasteiger partial charge is 0.408 e. The van der Waals surface area contributed by atoms with Gasteiger partial charge in [-0.3, -0.25) is 10.1 Å². The van der Waals surface area contributed by atoms with E-state index in [-0.39, 0.29) is 16.8 Å². The molecule has 1 aromatic carbocycles. The number of hydrogen-bond acceptors (Lipinski definition) is 6. The van der Waals surface area contributed by atoms with Gasteiger partial charge < -0.3 is 4.42 Å². The van der Waals surface area contributed by atoms with E-state index in [0.717, 1.165) is 12.8 Å². The molecule has 0 atom stereocenters. The Morgan fingerprint density at radius 1 is 1.19 bits per heavy atom. The van der Waals surface area contributed by atoms with Gasteiger partial charge in [-0.25, -0.2) is 8.42 Å². The van der Waals surface area contributed by atoms with Gasteiger partial charge in [-0.1, -0.05) is 25.9 Å². The molecule has 0 radical (unpaired) electrons. The van der Waals surface area contributed by atoms with Crippen molar-refractivity contribution >= 4 is 21.9 Å². The Hall–Kier alpha value is -2.26. The highest BCUT2D eigenvalue weighted by Crippen LogP contribution is 2.24. The molecule has 27 heavy (non-hydrogen) atoms. The maximum absolute atomic E-state index is 12.7. The van der Waals surface area contributed by atoms with E-state index in [1.807, 2.05) is 13.8 Å². The number of piperidine rings is 1. The molecule has 2 heterocycles. The summed E-state index contributed by atoms with van der Waals surface area (Å²) in [6, 6.07) is 5.89. The van der Waals surface area contributed by atoms with Gasteiger partial charge in [-0.2, -0.15) is 4.31 Å². The normalized spacial score (nSPS) is 16.6. The van der Waals surface area contributed by atoms with Crippen molar-refractivity contribution in [2.75, 3.05) is 18.4 Å². The highest BCUT2D eigenvalue weighted by Gasteiger charge is 2.28. The molecule has 0 spiro atoms. The molecule has 3 rings (SSSR count). The van der Waals surface area contributed by atoms with E-state index in [2.05, 4.69) is 22.4 Å². The average molecular weight is 392 g/mol. The summed E-state index contributed by atoms with van der Waals surface area (Å²) in [6.45, 7) is 7.00. The number of rotatable bonds is 5. The topological polar surface area (TPSA) is 105 Å². The fraction of sp³-hybridized carbons (Fsp3) is 0.500. The van der Waals surface area contributed by atoms with Gasteiger partial charge in [-0.15, -0.1) is 5.10 Å². The van der Waals surface area contributed by atoms with Crippen LogP contribution in [0.1, 0.15) is 55.8 Å². The summed E-state index contributed by atoms with van der Waals surface area (Å²) in [5.41, 5.74) is 0.311. The second kappa shape index (κ2) is 7.77. The van der Waals surface area contributed by atoms with Gasteiger partial charge in [0, 0.05) is 24.6 Å². The Morgan fingerprint density at radius 2 is 1.81 bits per heavy atom. The minimum absolute atomic E-state index is 0.0165. The van der Waals surface area contributed by atoms with E-state index in [0.29, 0.717) is 30.5 Å². The number of nitrogens with one attached hydrogen (secondary N) is 1. The van der Waals surface area contributed by atoms with E-state index in [9.17, 15) is 13.2 Å². The van der Waals surface area contributed by atoms with Crippen LogP contribution in [0.25, 0.3) is 0 Å². The van der Waals surface area contributed by atoms with Crippen molar-refractivity contribution in [2.24, 2.45) is 5.92 Å². The third-order valence-corrected chi connectivity index (χ3v) is 6.56. The van der Waals surface area contributed by atoms with E-state index >= 15 is 0 Å². The van der Waals surface area contributed by atoms with E-state index in [1.54, 1.807) is 0 Å². The standard InChI is InChI=1S/C18H24N4O4S/c1-12(2)17-20-21-18(26-17)19-16(23)14-4-6-15(7-5-14)27(24,25)22-10-8-13(3)9-11-22/h4-7,12-13H,8-11H2,1-3H3,(H,19,21,23). The Morgan fingerprint density at radius 3 is 2.37 bits per heavy atom. The van der Waals surface area contributed by atoms with Crippen molar-refractivity contribution < 1.29 is 17.6 Å². The zero-order valence-corrected chi connectivity index (χ0v) is 16.5. The smallest absolute Gasteiger partial charge is 0.322 e. The summed E-state index contributed by atoms with van der Waals surface area (Å²) >= 11 is 0. The monoisotopic (exact) mass is 392 g/mol. The molecule has 0 saturated carbocycles. The van der Waals surface area contributed by atoms with Crippen LogP contribution in [0.5, 0.6) is 0 Å². The van der Waals surface area contributed by atoms with Crippen molar-refractivity contribution in [1.82, 2.24) is 14.5 Å². The average Bonchev–Trinajstić information content (AvgIpc) is 3.11. The Kier molecular flexibility index (Phi) is 5.61. The molecule has 0 unspecified atom stereocenters. The van der Waals surface area contributed by atoms with Crippen LogP contribution in [0, 0.1) is 5.92 Å². The minimum atomic E-state index is -3.53. The van der Waals surface area contributed by atoms with Gasteiger partial charge >= 0.3 is 6.01 Å². The highest BCUT2D eigenvalue weighted by atomic mass is 32.2. The second-order valence-corrected chi connectivity index (χ2v) is 9.10. The summed E-state index contributed by atoms with van der Waals surface area (Å²) in [5.74, 6) is 0.598. The summed E-state index contributed by atoms with van der Waals surface area (Å²) in [7, 11) is -3.53. The molecule has 2 aromatic rings. The molecule has 1 aliphatic heterocycles. The summed E-state index contributed by atoms with van der Waals surface area (Å²) in [5, 5.41) is 10.1.